The van der Waals surface area contributed by atoms with Crippen molar-refractivity contribution in [1.82, 2.24) is 0 Å². The lowest BCUT2D eigenvalue weighted by Crippen LogP contribution is -2.69. The maximum Gasteiger partial charge on any atom is 0.302 e. The normalized spacial score (nSPS) is 55.7. The van der Waals surface area contributed by atoms with E-state index >= 15 is 0 Å². The molecule has 0 radical (unpaired) electrons. The molecule has 6 rings (SSSR count). The Hall–Kier alpha value is -0.570. The highest BCUT2D eigenvalue weighted by Gasteiger charge is 2.73. The molecule has 3 nitrogen and oxygen atoms in total. The number of carbonyl (C=O) groups excluding carboxylic acids is 1. The predicted molar refractivity (Wildman–Crippen MR) is 140 cm³/mol. The second-order valence-corrected chi connectivity index (χ2v) is 16.3. The summed E-state index contributed by atoms with van der Waals surface area (Å²) in [6.07, 6.45) is 13.4. The molecule has 5 aliphatic carbocycles. The summed E-state index contributed by atoms with van der Waals surface area (Å²) in [5.41, 5.74) is 1.79. The van der Waals surface area contributed by atoms with Crippen LogP contribution in [0.25, 0.3) is 0 Å². The largest absolute Gasteiger partial charge is 0.462 e. The molecule has 0 N–H and O–H groups in total. The van der Waals surface area contributed by atoms with Crippen LogP contribution >= 0.6 is 0 Å². The molecule has 35 heavy (non-hydrogen) atoms. The number of rotatable bonds is 1. The van der Waals surface area contributed by atoms with Gasteiger partial charge in [-0.3, -0.25) is 4.79 Å². The Morgan fingerprint density at radius 2 is 1.46 bits per heavy atom. The average molecular weight is 485 g/mol. The molecule has 0 spiro atoms. The Bertz CT molecular complexity index is 906. The highest BCUT2D eigenvalue weighted by Crippen LogP contribution is 2.78. The second kappa shape index (κ2) is 7.29. The Morgan fingerprint density at radius 1 is 0.743 bits per heavy atom. The fourth-order valence-electron chi connectivity index (χ4n) is 12.3. The van der Waals surface area contributed by atoms with Crippen LogP contribution in [0.2, 0.25) is 0 Å². The fraction of sp³-hybridized carbons (Fsp3) is 0.969. The van der Waals surface area contributed by atoms with E-state index < -0.39 is 0 Å². The first-order chi connectivity index (χ1) is 16.2. The lowest BCUT2D eigenvalue weighted by Gasteiger charge is -2.73. The fourth-order valence-corrected chi connectivity index (χ4v) is 12.3. The van der Waals surface area contributed by atoms with Gasteiger partial charge in [0.15, 0.2) is 0 Å². The van der Waals surface area contributed by atoms with Crippen molar-refractivity contribution >= 4 is 5.97 Å². The van der Waals surface area contributed by atoms with Crippen molar-refractivity contribution in [2.75, 3.05) is 6.61 Å². The molecule has 0 aromatic heterocycles. The molecule has 3 heteroatoms. The Kier molecular flexibility index (Phi) is 5.16. The number of esters is 1. The molecular formula is C32H52O3. The first-order valence-corrected chi connectivity index (χ1v) is 15.0. The van der Waals surface area contributed by atoms with Gasteiger partial charge in [0, 0.05) is 12.3 Å². The van der Waals surface area contributed by atoms with Gasteiger partial charge in [0.25, 0.3) is 0 Å². The van der Waals surface area contributed by atoms with E-state index in [9.17, 15) is 4.79 Å². The van der Waals surface area contributed by atoms with Crippen molar-refractivity contribution in [1.29, 1.82) is 0 Å². The first kappa shape index (κ1) is 24.7. The third-order valence-corrected chi connectivity index (χ3v) is 14.3. The van der Waals surface area contributed by atoms with Gasteiger partial charge in [-0.25, -0.2) is 0 Å². The lowest BCUT2D eigenvalue weighted by atomic mass is 9.31. The van der Waals surface area contributed by atoms with Crippen LogP contribution in [0.15, 0.2) is 0 Å². The highest BCUT2D eigenvalue weighted by atomic mass is 16.5. The number of fused-ring (bicyclic) bond motifs is 5. The topological polar surface area (TPSA) is 35.5 Å². The molecule has 1 aliphatic heterocycles. The van der Waals surface area contributed by atoms with Crippen LogP contribution in [0.3, 0.4) is 0 Å². The van der Waals surface area contributed by atoms with Crippen molar-refractivity contribution in [3.63, 3.8) is 0 Å². The molecule has 10 atom stereocenters. The smallest absolute Gasteiger partial charge is 0.302 e. The SMILES string of the molecule is CC(=O)O[C@H]1CCC(C)(C)[C@@H]2CC[C@]3(C)[C@H](CC[C@@H]4[C@H]5[C@H]6OC[C@@]5(CCC6(C)C)CC[C@]43C)[C@@]12C. The standard InChI is InChI=1S/C32H52O3/c1-20(33)35-24-12-13-27(2,3)22-11-14-30(7)23(31(22,24)8)10-9-21-25-26-28(4,5)15-17-32(25,19-34-26)18-16-29(21,30)6/h21-26H,9-19H2,1-8H3/t21-,22+,23+,24+,25+,26-,29-,30-,31+,32-/m1/s1. The molecule has 5 saturated carbocycles. The monoisotopic (exact) mass is 484 g/mol. The molecule has 6 fully saturated rings. The van der Waals surface area contributed by atoms with Crippen LogP contribution in [0.5, 0.6) is 0 Å². The predicted octanol–water partition coefficient (Wildman–Crippen LogP) is 7.81. The van der Waals surface area contributed by atoms with Crippen molar-refractivity contribution in [2.45, 2.75) is 132 Å². The summed E-state index contributed by atoms with van der Waals surface area (Å²) in [6, 6.07) is 0. The van der Waals surface area contributed by atoms with Crippen LogP contribution in [-0.2, 0) is 14.3 Å². The van der Waals surface area contributed by atoms with Crippen molar-refractivity contribution in [2.24, 2.45) is 56.2 Å². The van der Waals surface area contributed by atoms with E-state index in [4.69, 9.17) is 9.47 Å². The zero-order valence-electron chi connectivity index (χ0n) is 24.0. The number of hydrogen-bond acceptors (Lipinski definition) is 3. The van der Waals surface area contributed by atoms with Crippen LogP contribution in [-0.4, -0.2) is 24.8 Å². The van der Waals surface area contributed by atoms with E-state index in [0.29, 0.717) is 45.0 Å². The maximum absolute atomic E-state index is 12.3. The number of carbonyl (C=O) groups is 1. The van der Waals surface area contributed by atoms with Crippen LogP contribution in [0.4, 0.5) is 0 Å². The summed E-state index contributed by atoms with van der Waals surface area (Å²) in [6.45, 7) is 20.5. The van der Waals surface area contributed by atoms with Crippen molar-refractivity contribution in [3.8, 4) is 0 Å². The van der Waals surface area contributed by atoms with Crippen molar-refractivity contribution < 1.29 is 14.3 Å². The first-order valence-electron chi connectivity index (χ1n) is 15.0. The van der Waals surface area contributed by atoms with Gasteiger partial charge >= 0.3 is 5.97 Å². The molecule has 1 heterocycles. The molecule has 2 bridgehead atoms. The van der Waals surface area contributed by atoms with Gasteiger partial charge in [-0.1, -0.05) is 48.5 Å². The van der Waals surface area contributed by atoms with Gasteiger partial charge in [0.05, 0.1) is 12.7 Å². The zero-order valence-corrected chi connectivity index (χ0v) is 24.0. The van der Waals surface area contributed by atoms with Gasteiger partial charge in [-0.15, -0.1) is 0 Å². The van der Waals surface area contributed by atoms with E-state index in [1.807, 2.05) is 0 Å². The molecule has 0 aromatic rings. The Balaban J connectivity index is 1.41. The molecule has 198 valence electrons. The Morgan fingerprint density at radius 3 is 2.17 bits per heavy atom. The third kappa shape index (κ3) is 2.97. The summed E-state index contributed by atoms with van der Waals surface area (Å²) in [4.78, 5) is 12.3. The van der Waals surface area contributed by atoms with E-state index in [1.165, 1.54) is 57.8 Å². The van der Waals surface area contributed by atoms with Gasteiger partial charge in [0.1, 0.15) is 6.10 Å². The van der Waals surface area contributed by atoms with E-state index in [-0.39, 0.29) is 17.5 Å². The number of ether oxygens (including phenoxy) is 2. The summed E-state index contributed by atoms with van der Waals surface area (Å²) < 4.78 is 12.9. The zero-order chi connectivity index (χ0) is 25.2. The van der Waals surface area contributed by atoms with E-state index in [0.717, 1.165) is 24.9 Å². The average Bonchev–Trinajstić information content (AvgIpc) is 3.10. The molecule has 0 amide bonds. The minimum Gasteiger partial charge on any atom is -0.462 e. The van der Waals surface area contributed by atoms with Gasteiger partial charge in [-0.2, -0.15) is 0 Å². The molecule has 1 saturated heterocycles. The highest BCUT2D eigenvalue weighted by molar-refractivity contribution is 5.66. The Labute approximate surface area is 214 Å². The molecule has 0 unspecified atom stereocenters. The van der Waals surface area contributed by atoms with E-state index in [2.05, 4.69) is 48.5 Å². The lowest BCUT2D eigenvalue weighted by molar-refractivity contribution is -0.267. The molecule has 6 aliphatic rings. The summed E-state index contributed by atoms with van der Waals surface area (Å²) >= 11 is 0. The van der Waals surface area contributed by atoms with Crippen molar-refractivity contribution in [3.05, 3.63) is 0 Å². The van der Waals surface area contributed by atoms with Gasteiger partial charge in [-0.05, 0) is 115 Å². The minimum atomic E-state index is -0.0837. The van der Waals surface area contributed by atoms with Crippen LogP contribution < -0.4 is 0 Å². The second-order valence-electron chi connectivity index (χ2n) is 16.3. The summed E-state index contributed by atoms with van der Waals surface area (Å²) in [7, 11) is 0. The molecule has 0 aromatic carbocycles. The minimum absolute atomic E-state index is 0.0743. The molecular weight excluding hydrogens is 432 g/mol. The van der Waals surface area contributed by atoms with Crippen LogP contribution in [0.1, 0.15) is 120 Å². The van der Waals surface area contributed by atoms with Gasteiger partial charge in [0.2, 0.25) is 0 Å². The maximum atomic E-state index is 12.3. The number of hydrogen-bond donors (Lipinski definition) is 0. The van der Waals surface area contributed by atoms with Crippen LogP contribution in [0, 0.1) is 56.2 Å². The van der Waals surface area contributed by atoms with Gasteiger partial charge < -0.3 is 9.47 Å². The third-order valence-electron chi connectivity index (χ3n) is 14.3. The van der Waals surface area contributed by atoms with E-state index in [1.54, 1.807) is 6.92 Å². The summed E-state index contributed by atoms with van der Waals surface area (Å²) in [5.74, 6) is 2.69. The summed E-state index contributed by atoms with van der Waals surface area (Å²) in [5, 5.41) is 0. The quantitative estimate of drug-likeness (QED) is 0.356.